The third-order valence-electron chi connectivity index (χ3n) is 3.94. The molecule has 2 heterocycles. The molecular weight excluding hydrogens is 214 g/mol. The third-order valence-corrected chi connectivity index (χ3v) is 3.94. The number of nitrogens with zero attached hydrogens (tertiary/aromatic N) is 4. The Labute approximate surface area is 102 Å². The van der Waals surface area contributed by atoms with Crippen molar-refractivity contribution >= 4 is 0 Å². The van der Waals surface area contributed by atoms with Gasteiger partial charge >= 0.3 is 0 Å². The summed E-state index contributed by atoms with van der Waals surface area (Å²) >= 11 is 0. The molecule has 2 fully saturated rings. The lowest BCUT2D eigenvalue weighted by molar-refractivity contribution is 0.242. The van der Waals surface area contributed by atoms with Gasteiger partial charge in [-0.05, 0) is 26.2 Å². The Morgan fingerprint density at radius 2 is 2.18 bits per heavy atom. The van der Waals surface area contributed by atoms with Crippen molar-refractivity contribution in [2.75, 3.05) is 13.1 Å². The SMILES string of the molecule is CC(c1nncn1C)N1CCC(NC2CC2)C1. The number of hydrogen-bond acceptors (Lipinski definition) is 4. The van der Waals surface area contributed by atoms with Crippen LogP contribution in [0.15, 0.2) is 6.33 Å². The molecule has 2 unspecified atom stereocenters. The Balaban J connectivity index is 1.59. The van der Waals surface area contributed by atoms with E-state index in [1.807, 2.05) is 11.6 Å². The van der Waals surface area contributed by atoms with Crippen LogP contribution in [0.3, 0.4) is 0 Å². The molecule has 17 heavy (non-hydrogen) atoms. The molecule has 2 aliphatic rings. The smallest absolute Gasteiger partial charge is 0.149 e. The van der Waals surface area contributed by atoms with Gasteiger partial charge in [0.2, 0.25) is 0 Å². The molecule has 1 N–H and O–H groups in total. The van der Waals surface area contributed by atoms with E-state index in [9.17, 15) is 0 Å². The van der Waals surface area contributed by atoms with Gasteiger partial charge in [-0.25, -0.2) is 0 Å². The number of nitrogens with one attached hydrogen (secondary N) is 1. The molecule has 1 aromatic rings. The van der Waals surface area contributed by atoms with Crippen LogP contribution in [0.2, 0.25) is 0 Å². The highest BCUT2D eigenvalue weighted by Crippen LogP contribution is 2.26. The van der Waals surface area contributed by atoms with E-state index in [0.29, 0.717) is 12.1 Å². The third kappa shape index (κ3) is 2.35. The fourth-order valence-corrected chi connectivity index (χ4v) is 2.69. The summed E-state index contributed by atoms with van der Waals surface area (Å²) in [4.78, 5) is 2.50. The van der Waals surface area contributed by atoms with E-state index >= 15 is 0 Å². The van der Waals surface area contributed by atoms with E-state index in [0.717, 1.165) is 18.4 Å². The molecular formula is C12H21N5. The standard InChI is InChI=1S/C12H21N5/c1-9(12-15-13-8-16(12)2)17-6-5-11(7-17)14-10-3-4-10/h8-11,14H,3-7H2,1-2H3. The monoisotopic (exact) mass is 235 g/mol. The zero-order chi connectivity index (χ0) is 11.8. The van der Waals surface area contributed by atoms with Crippen molar-refractivity contribution in [2.45, 2.75) is 44.3 Å². The van der Waals surface area contributed by atoms with Crippen molar-refractivity contribution in [1.29, 1.82) is 0 Å². The molecule has 0 amide bonds. The molecule has 3 rings (SSSR count). The highest BCUT2D eigenvalue weighted by Gasteiger charge is 2.32. The van der Waals surface area contributed by atoms with Gasteiger partial charge in [-0.1, -0.05) is 0 Å². The van der Waals surface area contributed by atoms with Crippen LogP contribution in [-0.2, 0) is 7.05 Å². The summed E-state index contributed by atoms with van der Waals surface area (Å²) in [5.41, 5.74) is 0. The lowest BCUT2D eigenvalue weighted by Gasteiger charge is -2.23. The number of aromatic nitrogens is 3. The normalized spacial score (nSPS) is 27.5. The zero-order valence-corrected chi connectivity index (χ0v) is 10.6. The van der Waals surface area contributed by atoms with E-state index in [4.69, 9.17) is 0 Å². The molecule has 5 nitrogen and oxygen atoms in total. The maximum absolute atomic E-state index is 4.21. The van der Waals surface area contributed by atoms with Crippen molar-refractivity contribution in [3.63, 3.8) is 0 Å². The van der Waals surface area contributed by atoms with Crippen LogP contribution in [0.4, 0.5) is 0 Å². The summed E-state index contributed by atoms with van der Waals surface area (Å²) in [6, 6.07) is 1.86. The van der Waals surface area contributed by atoms with Gasteiger partial charge in [-0.3, -0.25) is 4.90 Å². The first kappa shape index (κ1) is 11.2. The Hall–Kier alpha value is -0.940. The molecule has 1 aliphatic heterocycles. The molecule has 1 aliphatic carbocycles. The molecule has 1 saturated heterocycles. The second-order valence-electron chi connectivity index (χ2n) is 5.40. The minimum absolute atomic E-state index is 0.369. The van der Waals surface area contributed by atoms with Crippen molar-refractivity contribution in [1.82, 2.24) is 25.0 Å². The second-order valence-corrected chi connectivity index (χ2v) is 5.40. The van der Waals surface area contributed by atoms with E-state index in [-0.39, 0.29) is 0 Å². The average molecular weight is 235 g/mol. The summed E-state index contributed by atoms with van der Waals surface area (Å²) in [6.07, 6.45) is 5.78. The summed E-state index contributed by atoms with van der Waals surface area (Å²) < 4.78 is 2.02. The van der Waals surface area contributed by atoms with Crippen LogP contribution in [-0.4, -0.2) is 44.8 Å². The van der Waals surface area contributed by atoms with E-state index < -0.39 is 0 Å². The fraction of sp³-hybridized carbons (Fsp3) is 0.833. The van der Waals surface area contributed by atoms with Crippen LogP contribution in [0.25, 0.3) is 0 Å². The minimum atomic E-state index is 0.369. The second kappa shape index (κ2) is 4.38. The molecule has 0 aromatic carbocycles. The number of hydrogen-bond donors (Lipinski definition) is 1. The molecule has 0 spiro atoms. The van der Waals surface area contributed by atoms with E-state index in [2.05, 4.69) is 27.3 Å². The van der Waals surface area contributed by atoms with Gasteiger partial charge in [0.1, 0.15) is 12.2 Å². The van der Waals surface area contributed by atoms with Crippen LogP contribution in [0, 0.1) is 0 Å². The first-order chi connectivity index (χ1) is 8.24. The fourth-order valence-electron chi connectivity index (χ4n) is 2.69. The zero-order valence-electron chi connectivity index (χ0n) is 10.6. The highest BCUT2D eigenvalue weighted by atomic mass is 15.3. The van der Waals surface area contributed by atoms with Gasteiger partial charge in [-0.15, -0.1) is 10.2 Å². The predicted octanol–water partition coefficient (Wildman–Crippen LogP) is 0.702. The predicted molar refractivity (Wildman–Crippen MR) is 65.6 cm³/mol. The quantitative estimate of drug-likeness (QED) is 0.834. The Kier molecular flexibility index (Phi) is 2.88. The van der Waals surface area contributed by atoms with Gasteiger partial charge in [0.25, 0.3) is 0 Å². The molecule has 1 saturated carbocycles. The van der Waals surface area contributed by atoms with Crippen molar-refractivity contribution in [3.05, 3.63) is 12.2 Å². The molecule has 0 bridgehead atoms. The first-order valence-electron chi connectivity index (χ1n) is 6.58. The summed E-state index contributed by atoms with van der Waals surface area (Å²) in [6.45, 7) is 4.53. The summed E-state index contributed by atoms with van der Waals surface area (Å²) in [5.74, 6) is 1.07. The van der Waals surface area contributed by atoms with Crippen LogP contribution in [0.1, 0.15) is 38.1 Å². The highest BCUT2D eigenvalue weighted by molar-refractivity contribution is 4.97. The number of likely N-dealkylation sites (tertiary alicyclic amines) is 1. The molecule has 1 aromatic heterocycles. The van der Waals surface area contributed by atoms with Crippen molar-refractivity contribution in [3.8, 4) is 0 Å². The van der Waals surface area contributed by atoms with E-state index in [1.54, 1.807) is 6.33 Å². The van der Waals surface area contributed by atoms with Gasteiger partial charge in [0.05, 0.1) is 6.04 Å². The average Bonchev–Trinajstić information content (AvgIpc) is 2.83. The largest absolute Gasteiger partial charge is 0.319 e. The molecule has 2 atom stereocenters. The summed E-state index contributed by atoms with van der Waals surface area (Å²) in [5, 5.41) is 11.9. The molecule has 94 valence electrons. The van der Waals surface area contributed by atoms with Crippen molar-refractivity contribution < 1.29 is 0 Å². The lowest BCUT2D eigenvalue weighted by atomic mass is 10.2. The number of aryl methyl sites for hydroxylation is 1. The van der Waals surface area contributed by atoms with Crippen molar-refractivity contribution in [2.24, 2.45) is 7.05 Å². The van der Waals surface area contributed by atoms with Crippen LogP contribution in [0.5, 0.6) is 0 Å². The van der Waals surface area contributed by atoms with Gasteiger partial charge < -0.3 is 9.88 Å². The Bertz CT molecular complexity index is 384. The van der Waals surface area contributed by atoms with Crippen LogP contribution >= 0.6 is 0 Å². The van der Waals surface area contributed by atoms with Crippen LogP contribution < -0.4 is 5.32 Å². The minimum Gasteiger partial charge on any atom is -0.319 e. The Morgan fingerprint density at radius 1 is 1.35 bits per heavy atom. The molecule has 5 heteroatoms. The summed E-state index contributed by atoms with van der Waals surface area (Å²) in [7, 11) is 2.02. The first-order valence-corrected chi connectivity index (χ1v) is 6.58. The van der Waals surface area contributed by atoms with Gasteiger partial charge in [-0.2, -0.15) is 0 Å². The maximum Gasteiger partial charge on any atom is 0.149 e. The maximum atomic E-state index is 4.21. The van der Waals surface area contributed by atoms with Gasteiger partial charge in [0.15, 0.2) is 0 Å². The molecule has 0 radical (unpaired) electrons. The number of rotatable bonds is 4. The Morgan fingerprint density at radius 3 is 2.82 bits per heavy atom. The van der Waals surface area contributed by atoms with E-state index in [1.165, 1.54) is 25.8 Å². The van der Waals surface area contributed by atoms with Gasteiger partial charge in [0, 0.05) is 32.2 Å². The topological polar surface area (TPSA) is 46.0 Å². The lowest BCUT2D eigenvalue weighted by Crippen LogP contribution is -2.35.